The maximum atomic E-state index is 12.3. The summed E-state index contributed by atoms with van der Waals surface area (Å²) in [6.07, 6.45) is 22.4. The predicted octanol–water partition coefficient (Wildman–Crippen LogP) is 5.61. The summed E-state index contributed by atoms with van der Waals surface area (Å²) in [5, 5.41) is 9.64. The maximum Gasteiger partial charge on any atom is 0.353 e. The minimum absolute atomic E-state index is 0.00560. The summed E-state index contributed by atoms with van der Waals surface area (Å²) < 4.78 is 30.0. The van der Waals surface area contributed by atoms with Gasteiger partial charge in [0.05, 0.1) is 38.8 Å². The Labute approximate surface area is 239 Å². The summed E-state index contributed by atoms with van der Waals surface area (Å²) in [4.78, 5) is 22.2. The third-order valence-electron chi connectivity index (χ3n) is 6.58. The molecule has 2 rings (SSSR count). The van der Waals surface area contributed by atoms with Crippen LogP contribution in [0.4, 0.5) is 5.82 Å². The van der Waals surface area contributed by atoms with E-state index in [4.69, 9.17) is 19.7 Å². The van der Waals surface area contributed by atoms with Crippen molar-refractivity contribution in [2.75, 3.05) is 38.5 Å². The Morgan fingerprint density at radius 3 is 2.33 bits per heavy atom. The fourth-order valence-corrected chi connectivity index (χ4v) is 5.10. The second-order valence-electron chi connectivity index (χ2n) is 10.1. The van der Waals surface area contributed by atoms with Gasteiger partial charge in [0.25, 0.3) is 0 Å². The smallest absolute Gasteiger partial charge is 0.353 e. The SMILES string of the molecule is CCCCCCCC/C=C\CCCCCCCOCCOP(=O)(O)CO[C@H](CO)Cn1cnc2c(N)ncnc21. The lowest BCUT2D eigenvalue weighted by Crippen LogP contribution is -2.25. The molecule has 0 aliphatic carbocycles. The fourth-order valence-electron chi connectivity index (χ4n) is 4.27. The van der Waals surface area contributed by atoms with Crippen LogP contribution in [0.5, 0.6) is 0 Å². The minimum Gasteiger partial charge on any atom is -0.394 e. The number of aromatic nitrogens is 4. The summed E-state index contributed by atoms with van der Waals surface area (Å²) >= 11 is 0. The van der Waals surface area contributed by atoms with Gasteiger partial charge in [-0.05, 0) is 32.1 Å². The number of anilines is 1. The minimum atomic E-state index is -3.99. The lowest BCUT2D eigenvalue weighted by Gasteiger charge is -2.19. The van der Waals surface area contributed by atoms with Gasteiger partial charge >= 0.3 is 7.60 Å². The van der Waals surface area contributed by atoms with Crippen molar-refractivity contribution >= 4 is 24.6 Å². The van der Waals surface area contributed by atoms with Gasteiger partial charge in [-0.15, -0.1) is 0 Å². The summed E-state index contributed by atoms with van der Waals surface area (Å²) in [7, 11) is -3.99. The molecule has 1 unspecified atom stereocenters. The van der Waals surface area contributed by atoms with Crippen LogP contribution in [0.2, 0.25) is 0 Å². The first kappa shape index (κ1) is 34.3. The number of hydrogen-bond acceptors (Lipinski definition) is 9. The normalized spacial score (nSPS) is 14.3. The second kappa shape index (κ2) is 20.9. The van der Waals surface area contributed by atoms with Crippen LogP contribution < -0.4 is 5.73 Å². The van der Waals surface area contributed by atoms with Crippen LogP contribution in [0.25, 0.3) is 11.2 Å². The molecule has 0 amide bonds. The molecule has 12 heteroatoms. The molecule has 0 aliphatic heterocycles. The van der Waals surface area contributed by atoms with Gasteiger partial charge in [0.15, 0.2) is 11.5 Å². The molecule has 0 aliphatic rings. The van der Waals surface area contributed by atoms with Crippen LogP contribution in [0, 0.1) is 0 Å². The molecule has 0 saturated carbocycles. The van der Waals surface area contributed by atoms with Gasteiger partial charge in [0.2, 0.25) is 0 Å². The standard InChI is InChI=1S/C28H50N5O6P/c1-2-3-4-5-6-7-8-9-10-11-12-13-14-15-16-17-37-18-19-39-40(35,36)24-38-25(21-34)20-33-23-32-26-27(29)30-22-31-28(26)33/h9-10,22-23,25,34H,2-8,11-21,24H2,1H3,(H,35,36)(H2,29,30,31)/b10-9-/t25-/m0/s1. The average Bonchev–Trinajstić information content (AvgIpc) is 3.36. The third-order valence-corrected chi connectivity index (χ3v) is 7.64. The molecule has 0 radical (unpaired) electrons. The number of nitrogen functional groups attached to an aromatic ring is 1. The summed E-state index contributed by atoms with van der Waals surface area (Å²) in [6.45, 7) is 2.90. The van der Waals surface area contributed by atoms with Crippen LogP contribution >= 0.6 is 7.60 Å². The van der Waals surface area contributed by atoms with E-state index in [9.17, 15) is 14.6 Å². The van der Waals surface area contributed by atoms with Gasteiger partial charge in [-0.2, -0.15) is 0 Å². The van der Waals surface area contributed by atoms with E-state index >= 15 is 0 Å². The molecule has 0 saturated heterocycles. The Bertz CT molecular complexity index is 1000. The van der Waals surface area contributed by atoms with Gasteiger partial charge < -0.3 is 34.3 Å². The lowest BCUT2D eigenvalue weighted by molar-refractivity contribution is 0.0160. The number of allylic oxidation sites excluding steroid dienone is 2. The maximum absolute atomic E-state index is 12.3. The molecule has 0 fully saturated rings. The van der Waals surface area contributed by atoms with Crippen molar-refractivity contribution in [3.63, 3.8) is 0 Å². The molecule has 228 valence electrons. The number of unbranched alkanes of at least 4 members (excludes halogenated alkanes) is 11. The molecule has 0 spiro atoms. The Morgan fingerprint density at radius 1 is 0.950 bits per heavy atom. The van der Waals surface area contributed by atoms with E-state index in [1.165, 1.54) is 76.9 Å². The molecule has 0 aromatic carbocycles. The number of imidazole rings is 1. The van der Waals surface area contributed by atoms with Gasteiger partial charge in [-0.1, -0.05) is 70.4 Å². The fraction of sp³-hybridized carbons (Fsp3) is 0.750. The zero-order valence-electron chi connectivity index (χ0n) is 24.2. The number of nitrogens with two attached hydrogens (primary N) is 1. The first-order chi connectivity index (χ1) is 19.5. The van der Waals surface area contributed by atoms with Crippen LogP contribution in [0.1, 0.15) is 90.4 Å². The van der Waals surface area contributed by atoms with E-state index in [1.807, 2.05) is 0 Å². The van der Waals surface area contributed by atoms with E-state index in [0.717, 1.165) is 19.3 Å². The van der Waals surface area contributed by atoms with E-state index in [-0.39, 0.29) is 32.2 Å². The number of rotatable bonds is 25. The highest BCUT2D eigenvalue weighted by Gasteiger charge is 2.23. The molecular formula is C28H50N5O6P. The van der Waals surface area contributed by atoms with E-state index < -0.39 is 20.0 Å². The van der Waals surface area contributed by atoms with E-state index in [2.05, 4.69) is 34.0 Å². The Balaban J connectivity index is 1.44. The lowest BCUT2D eigenvalue weighted by atomic mass is 10.1. The van der Waals surface area contributed by atoms with Crippen LogP contribution in [-0.4, -0.2) is 68.4 Å². The molecule has 2 atom stereocenters. The van der Waals surface area contributed by atoms with Crippen molar-refractivity contribution in [1.29, 1.82) is 0 Å². The topological polar surface area (TPSA) is 155 Å². The Morgan fingerprint density at radius 2 is 1.62 bits per heavy atom. The monoisotopic (exact) mass is 583 g/mol. The van der Waals surface area contributed by atoms with Crippen molar-refractivity contribution < 1.29 is 28.6 Å². The predicted molar refractivity (Wildman–Crippen MR) is 158 cm³/mol. The van der Waals surface area contributed by atoms with Crippen molar-refractivity contribution in [3.05, 3.63) is 24.8 Å². The van der Waals surface area contributed by atoms with Crippen LogP contribution in [0.3, 0.4) is 0 Å². The number of aliphatic hydroxyl groups excluding tert-OH is 1. The first-order valence-electron chi connectivity index (χ1n) is 14.8. The summed E-state index contributed by atoms with van der Waals surface area (Å²) in [6, 6.07) is 0. The van der Waals surface area contributed by atoms with Crippen molar-refractivity contribution in [2.45, 2.75) is 103 Å². The molecule has 2 aromatic heterocycles. The molecule has 4 N–H and O–H groups in total. The molecule has 40 heavy (non-hydrogen) atoms. The molecule has 11 nitrogen and oxygen atoms in total. The zero-order valence-corrected chi connectivity index (χ0v) is 25.1. The van der Waals surface area contributed by atoms with Gasteiger partial charge in [-0.25, -0.2) is 15.0 Å². The van der Waals surface area contributed by atoms with Crippen molar-refractivity contribution in [1.82, 2.24) is 19.5 Å². The highest BCUT2D eigenvalue weighted by molar-refractivity contribution is 7.52. The number of hydrogen-bond donors (Lipinski definition) is 3. The number of ether oxygens (including phenoxy) is 2. The van der Waals surface area contributed by atoms with E-state index in [1.54, 1.807) is 4.57 Å². The second-order valence-corrected chi connectivity index (χ2v) is 11.9. The van der Waals surface area contributed by atoms with Crippen LogP contribution in [0.15, 0.2) is 24.8 Å². The van der Waals surface area contributed by atoms with Crippen LogP contribution in [-0.2, 0) is 25.1 Å². The third kappa shape index (κ3) is 14.7. The summed E-state index contributed by atoms with van der Waals surface area (Å²) in [5.41, 5.74) is 6.71. The molecular weight excluding hydrogens is 533 g/mol. The zero-order chi connectivity index (χ0) is 28.9. The van der Waals surface area contributed by atoms with Gasteiger partial charge in [0, 0.05) is 6.61 Å². The molecule has 2 aromatic rings. The Hall–Kier alpha value is -1.88. The van der Waals surface area contributed by atoms with Gasteiger partial charge in [0.1, 0.15) is 18.2 Å². The van der Waals surface area contributed by atoms with Crippen molar-refractivity contribution in [2.24, 2.45) is 0 Å². The number of fused-ring (bicyclic) bond motifs is 1. The summed E-state index contributed by atoms with van der Waals surface area (Å²) in [5.74, 6) is 0.248. The first-order valence-corrected chi connectivity index (χ1v) is 16.6. The molecule has 0 bridgehead atoms. The Kier molecular flexibility index (Phi) is 17.9. The average molecular weight is 584 g/mol. The van der Waals surface area contributed by atoms with E-state index in [0.29, 0.717) is 17.8 Å². The molecule has 2 heterocycles. The number of nitrogens with zero attached hydrogens (tertiary/aromatic N) is 4. The number of aliphatic hydroxyl groups is 1. The highest BCUT2D eigenvalue weighted by atomic mass is 31.2. The van der Waals surface area contributed by atoms with Crippen molar-refractivity contribution in [3.8, 4) is 0 Å². The highest BCUT2D eigenvalue weighted by Crippen LogP contribution is 2.41. The quantitative estimate of drug-likeness (QED) is 0.0763. The largest absolute Gasteiger partial charge is 0.394 e. The van der Waals surface area contributed by atoms with Gasteiger partial charge in [-0.3, -0.25) is 4.57 Å².